The highest BCUT2D eigenvalue weighted by Gasteiger charge is 1.99. The Bertz CT molecular complexity index is 311. The summed E-state index contributed by atoms with van der Waals surface area (Å²) < 4.78 is 5.54. The number of hydrogen-bond donors (Lipinski definition) is 1. The summed E-state index contributed by atoms with van der Waals surface area (Å²) in [5, 5.41) is 11.5. The Morgan fingerprint density at radius 2 is 2.11 bits per heavy atom. The lowest BCUT2D eigenvalue weighted by Crippen LogP contribution is -2.15. The fraction of sp³-hybridized carbons (Fsp3) is 0.714. The van der Waals surface area contributed by atoms with E-state index >= 15 is 0 Å². The van der Waals surface area contributed by atoms with Crippen molar-refractivity contribution in [3.8, 4) is 5.88 Å². The monoisotopic (exact) mass is 251 g/mol. The molecule has 0 amide bonds. The van der Waals surface area contributed by atoms with Crippen LogP contribution in [0.1, 0.15) is 45.7 Å². The van der Waals surface area contributed by atoms with Crippen LogP contribution in [-0.2, 0) is 6.54 Å². The lowest BCUT2D eigenvalue weighted by Gasteiger charge is -2.07. The van der Waals surface area contributed by atoms with Gasteiger partial charge in [-0.05, 0) is 37.8 Å². The van der Waals surface area contributed by atoms with E-state index in [4.69, 9.17) is 4.74 Å². The first-order valence-corrected chi connectivity index (χ1v) is 6.88. The Hall–Kier alpha value is -1.16. The molecular weight excluding hydrogens is 226 g/mol. The van der Waals surface area contributed by atoms with Crippen molar-refractivity contribution >= 4 is 0 Å². The molecule has 0 radical (unpaired) electrons. The fourth-order valence-corrected chi connectivity index (χ4v) is 1.58. The van der Waals surface area contributed by atoms with Gasteiger partial charge in [0.2, 0.25) is 5.88 Å². The average molecular weight is 251 g/mol. The van der Waals surface area contributed by atoms with Gasteiger partial charge >= 0.3 is 0 Å². The Morgan fingerprint density at radius 3 is 2.72 bits per heavy atom. The van der Waals surface area contributed by atoms with E-state index in [1.165, 1.54) is 6.42 Å². The SMILES string of the molecule is CCCNCc1ccc(OCCCC(C)C)nn1. The molecule has 0 saturated carbocycles. The van der Waals surface area contributed by atoms with Crippen molar-refractivity contribution in [2.75, 3.05) is 13.2 Å². The molecule has 102 valence electrons. The highest BCUT2D eigenvalue weighted by Crippen LogP contribution is 2.08. The van der Waals surface area contributed by atoms with Crippen molar-refractivity contribution in [1.29, 1.82) is 0 Å². The minimum Gasteiger partial charge on any atom is -0.477 e. The number of hydrogen-bond acceptors (Lipinski definition) is 4. The third kappa shape index (κ3) is 6.55. The van der Waals surface area contributed by atoms with Crippen LogP contribution in [-0.4, -0.2) is 23.3 Å². The second-order valence-corrected chi connectivity index (χ2v) is 4.92. The first kappa shape index (κ1) is 14.9. The highest BCUT2D eigenvalue weighted by atomic mass is 16.5. The third-order valence-corrected chi connectivity index (χ3v) is 2.60. The number of nitrogens with one attached hydrogen (secondary N) is 1. The molecule has 0 unspecified atom stereocenters. The van der Waals surface area contributed by atoms with Crippen LogP contribution in [0.15, 0.2) is 12.1 Å². The first-order valence-electron chi connectivity index (χ1n) is 6.88. The van der Waals surface area contributed by atoms with Crippen LogP contribution in [0.5, 0.6) is 5.88 Å². The molecule has 1 aromatic rings. The van der Waals surface area contributed by atoms with Crippen molar-refractivity contribution in [3.05, 3.63) is 17.8 Å². The van der Waals surface area contributed by atoms with Crippen LogP contribution < -0.4 is 10.1 Å². The summed E-state index contributed by atoms with van der Waals surface area (Å²) in [6.07, 6.45) is 3.38. The first-order chi connectivity index (χ1) is 8.72. The minimum absolute atomic E-state index is 0.623. The Labute approximate surface area is 110 Å². The molecule has 0 atom stereocenters. The van der Waals surface area contributed by atoms with E-state index in [1.54, 1.807) is 0 Å². The van der Waals surface area contributed by atoms with Crippen LogP contribution in [0.3, 0.4) is 0 Å². The standard InChI is InChI=1S/C14H25N3O/c1-4-9-15-11-13-7-8-14(17-16-13)18-10-5-6-12(2)3/h7-8,12,15H,4-6,9-11H2,1-3H3. The van der Waals surface area contributed by atoms with E-state index in [9.17, 15) is 0 Å². The van der Waals surface area contributed by atoms with E-state index < -0.39 is 0 Å². The lowest BCUT2D eigenvalue weighted by atomic mass is 10.1. The molecule has 1 aromatic heterocycles. The van der Waals surface area contributed by atoms with Crippen LogP contribution >= 0.6 is 0 Å². The zero-order valence-electron chi connectivity index (χ0n) is 11.8. The molecule has 0 spiro atoms. The molecule has 0 aromatic carbocycles. The third-order valence-electron chi connectivity index (χ3n) is 2.60. The predicted molar refractivity (Wildman–Crippen MR) is 73.6 cm³/mol. The van der Waals surface area contributed by atoms with Crippen molar-refractivity contribution < 1.29 is 4.74 Å². The summed E-state index contributed by atoms with van der Waals surface area (Å²) in [6, 6.07) is 3.86. The lowest BCUT2D eigenvalue weighted by molar-refractivity contribution is 0.283. The maximum absolute atomic E-state index is 5.54. The predicted octanol–water partition coefficient (Wildman–Crippen LogP) is 2.79. The van der Waals surface area contributed by atoms with Gasteiger partial charge in [-0.2, -0.15) is 5.10 Å². The van der Waals surface area contributed by atoms with E-state index in [1.807, 2.05) is 12.1 Å². The minimum atomic E-state index is 0.623. The molecular formula is C14H25N3O. The van der Waals surface area contributed by atoms with E-state index in [2.05, 4.69) is 36.3 Å². The van der Waals surface area contributed by atoms with Crippen molar-refractivity contribution in [1.82, 2.24) is 15.5 Å². The molecule has 0 saturated heterocycles. The second kappa shape index (κ2) is 8.86. The second-order valence-electron chi connectivity index (χ2n) is 4.92. The number of rotatable bonds is 9. The average Bonchev–Trinajstić information content (AvgIpc) is 2.36. The molecule has 0 fully saturated rings. The van der Waals surface area contributed by atoms with Crippen LogP contribution in [0, 0.1) is 5.92 Å². The summed E-state index contributed by atoms with van der Waals surface area (Å²) in [6.45, 7) is 9.09. The van der Waals surface area contributed by atoms with Gasteiger partial charge in [0.25, 0.3) is 0 Å². The van der Waals surface area contributed by atoms with Crippen molar-refractivity contribution in [2.45, 2.75) is 46.6 Å². The molecule has 4 heteroatoms. The molecule has 1 N–H and O–H groups in total. The summed E-state index contributed by atoms with van der Waals surface area (Å²) in [5.41, 5.74) is 0.956. The van der Waals surface area contributed by atoms with Crippen LogP contribution in [0.2, 0.25) is 0 Å². The normalized spacial score (nSPS) is 10.9. The van der Waals surface area contributed by atoms with Gasteiger partial charge in [-0.25, -0.2) is 0 Å². The zero-order chi connectivity index (χ0) is 13.2. The molecule has 0 aliphatic rings. The summed E-state index contributed by atoms with van der Waals surface area (Å²) in [7, 11) is 0. The maximum Gasteiger partial charge on any atom is 0.233 e. The molecule has 1 rings (SSSR count). The maximum atomic E-state index is 5.54. The molecule has 0 aliphatic carbocycles. The molecule has 0 bridgehead atoms. The van der Waals surface area contributed by atoms with Gasteiger partial charge in [-0.3, -0.25) is 0 Å². The van der Waals surface area contributed by atoms with E-state index in [-0.39, 0.29) is 0 Å². The van der Waals surface area contributed by atoms with Crippen LogP contribution in [0.4, 0.5) is 0 Å². The summed E-state index contributed by atoms with van der Waals surface area (Å²) in [5.74, 6) is 1.35. The largest absolute Gasteiger partial charge is 0.477 e. The van der Waals surface area contributed by atoms with E-state index in [0.717, 1.165) is 44.1 Å². The Morgan fingerprint density at radius 1 is 1.28 bits per heavy atom. The van der Waals surface area contributed by atoms with Crippen LogP contribution in [0.25, 0.3) is 0 Å². The highest BCUT2D eigenvalue weighted by molar-refractivity contribution is 5.11. The van der Waals surface area contributed by atoms with Crippen molar-refractivity contribution in [3.63, 3.8) is 0 Å². The summed E-state index contributed by atoms with van der Waals surface area (Å²) >= 11 is 0. The Balaban J connectivity index is 2.23. The number of nitrogens with zero attached hydrogens (tertiary/aromatic N) is 2. The smallest absolute Gasteiger partial charge is 0.233 e. The van der Waals surface area contributed by atoms with Gasteiger partial charge in [-0.1, -0.05) is 20.8 Å². The van der Waals surface area contributed by atoms with Gasteiger partial charge in [0, 0.05) is 12.6 Å². The van der Waals surface area contributed by atoms with Gasteiger partial charge in [0.05, 0.1) is 12.3 Å². The van der Waals surface area contributed by atoms with Crippen molar-refractivity contribution in [2.24, 2.45) is 5.92 Å². The molecule has 4 nitrogen and oxygen atoms in total. The van der Waals surface area contributed by atoms with Gasteiger partial charge in [-0.15, -0.1) is 5.10 Å². The fourth-order valence-electron chi connectivity index (χ4n) is 1.58. The topological polar surface area (TPSA) is 47.0 Å². The number of aromatic nitrogens is 2. The van der Waals surface area contributed by atoms with Gasteiger partial charge < -0.3 is 10.1 Å². The van der Waals surface area contributed by atoms with Gasteiger partial charge in [0.1, 0.15) is 0 Å². The molecule has 0 aliphatic heterocycles. The van der Waals surface area contributed by atoms with E-state index in [0.29, 0.717) is 5.88 Å². The quantitative estimate of drug-likeness (QED) is 0.686. The molecule has 1 heterocycles. The number of ether oxygens (including phenoxy) is 1. The molecule has 18 heavy (non-hydrogen) atoms. The van der Waals surface area contributed by atoms with Gasteiger partial charge in [0.15, 0.2) is 0 Å². The summed E-state index contributed by atoms with van der Waals surface area (Å²) in [4.78, 5) is 0. The zero-order valence-corrected chi connectivity index (χ0v) is 11.8. The Kier molecular flexibility index (Phi) is 7.34.